The number of anilines is 15. The molecular weight excluding hydrogens is 1520 g/mol. The lowest BCUT2D eigenvalue weighted by atomic mass is 10.1. The summed E-state index contributed by atoms with van der Waals surface area (Å²) in [4.78, 5) is 141. The first-order chi connectivity index (χ1) is 56.1. The SMILES string of the molecule is CNc1nc(N)nc(NC(=O)c2ccc(C)cc2)n1.CNc1nc(N)nc(NC(=O)c2ccc(OC)cc2)n1.CNc1nc(N)nc(NC(=O)c2cccc(OC)c2)n1.COc1cccc(C(=O)Nc2nc(N)nc(OC)n2)c1.COc1nc(N)nc(NC(=O)c2ccc(C)cc2)n1.COc1nc(N)nc(NC(=O)c2cccc(C)c2)n1. The number of aromatic nitrogens is 18. The molecule has 6 aromatic carbocycles. The third-order valence-electron chi connectivity index (χ3n) is 14.3. The molecule has 45 nitrogen and oxygen atoms in total. The minimum Gasteiger partial charge on any atom is -0.497 e. The van der Waals surface area contributed by atoms with Gasteiger partial charge in [-0.3, -0.25) is 60.7 Å². The summed E-state index contributed by atoms with van der Waals surface area (Å²) >= 11 is 0. The molecule has 21 N–H and O–H groups in total. The summed E-state index contributed by atoms with van der Waals surface area (Å²) in [6.45, 7) is 5.80. The molecule has 12 aromatic rings. The molecule has 0 saturated carbocycles. The van der Waals surface area contributed by atoms with Gasteiger partial charge in [0.15, 0.2) is 0 Å². The van der Waals surface area contributed by atoms with Gasteiger partial charge in [0.25, 0.3) is 35.4 Å². The van der Waals surface area contributed by atoms with Gasteiger partial charge in [0.1, 0.15) is 17.2 Å². The molecule has 0 fully saturated rings. The molecule has 0 aliphatic heterocycles. The number of carbonyl (C=O) groups excluding carboxylic acids is 6. The Kier molecular flexibility index (Phi) is 32.5. The Morgan fingerprint density at radius 1 is 0.239 bits per heavy atom. The van der Waals surface area contributed by atoms with Gasteiger partial charge in [0, 0.05) is 54.5 Å². The van der Waals surface area contributed by atoms with Crippen LogP contribution in [-0.4, -0.2) is 189 Å². The molecule has 0 saturated heterocycles. The average molecular weight is 1600 g/mol. The highest BCUT2D eigenvalue weighted by molar-refractivity contribution is 6.06. The highest BCUT2D eigenvalue weighted by atomic mass is 16.5. The summed E-state index contributed by atoms with van der Waals surface area (Å²) in [5, 5.41) is 23.4. The number of nitrogen functional groups attached to an aromatic ring is 6. The van der Waals surface area contributed by atoms with Crippen molar-refractivity contribution in [2.75, 3.05) is 146 Å². The number of aryl methyl sites for hydroxylation is 3. The first-order valence-corrected chi connectivity index (χ1v) is 33.9. The first-order valence-electron chi connectivity index (χ1n) is 33.9. The maximum Gasteiger partial charge on any atom is 0.322 e. The van der Waals surface area contributed by atoms with Gasteiger partial charge in [-0.15, -0.1) is 0 Å². The van der Waals surface area contributed by atoms with Crippen LogP contribution in [0.2, 0.25) is 0 Å². The van der Waals surface area contributed by atoms with E-state index in [1.807, 2.05) is 51.1 Å². The predicted octanol–water partition coefficient (Wildman–Crippen LogP) is 5.34. The van der Waals surface area contributed by atoms with Gasteiger partial charge in [0.05, 0.1) is 42.7 Å². The van der Waals surface area contributed by atoms with Gasteiger partial charge in [-0.25, -0.2) is 0 Å². The van der Waals surface area contributed by atoms with Crippen LogP contribution in [0.5, 0.6) is 35.3 Å². The second-order valence-corrected chi connectivity index (χ2v) is 22.8. The van der Waals surface area contributed by atoms with Crippen LogP contribution in [-0.2, 0) is 0 Å². The van der Waals surface area contributed by atoms with Gasteiger partial charge >= 0.3 is 18.0 Å². The molecule has 45 heteroatoms. The zero-order valence-corrected chi connectivity index (χ0v) is 64.8. The van der Waals surface area contributed by atoms with E-state index in [-0.39, 0.29) is 131 Å². The molecule has 0 aliphatic carbocycles. The van der Waals surface area contributed by atoms with Crippen molar-refractivity contribution >= 4 is 125 Å². The van der Waals surface area contributed by atoms with Crippen LogP contribution < -0.4 is 111 Å². The summed E-state index contributed by atoms with van der Waals surface area (Å²) < 4.78 is 29.7. The van der Waals surface area contributed by atoms with Crippen molar-refractivity contribution in [3.05, 3.63) is 196 Å². The number of nitrogens with two attached hydrogens (primary N) is 6. The fourth-order valence-electron chi connectivity index (χ4n) is 8.75. The fraction of sp³-hybridized carbons (Fsp3) is 0.167. The number of nitrogens with zero attached hydrogens (tertiary/aromatic N) is 18. The third-order valence-corrected chi connectivity index (χ3v) is 14.3. The molecule has 0 radical (unpaired) electrons. The largest absolute Gasteiger partial charge is 0.497 e. The molecule has 0 spiro atoms. The van der Waals surface area contributed by atoms with Crippen LogP contribution in [0.3, 0.4) is 0 Å². The number of hydrogen-bond acceptors (Lipinski definition) is 39. The second-order valence-electron chi connectivity index (χ2n) is 22.8. The number of rotatable bonds is 21. The lowest BCUT2D eigenvalue weighted by Crippen LogP contribution is -2.16. The van der Waals surface area contributed by atoms with Gasteiger partial charge in [-0.1, -0.05) is 65.2 Å². The number of nitrogens with one attached hydrogen (secondary N) is 9. The number of amides is 6. The maximum atomic E-state index is 12.1. The van der Waals surface area contributed by atoms with Crippen LogP contribution in [0, 0.1) is 20.8 Å². The summed E-state index contributed by atoms with van der Waals surface area (Å²) in [6, 6.07) is 41.6. The van der Waals surface area contributed by atoms with Crippen molar-refractivity contribution in [1.82, 2.24) is 89.7 Å². The molecule has 6 aromatic heterocycles. The van der Waals surface area contributed by atoms with Crippen LogP contribution in [0.4, 0.5) is 89.2 Å². The Bertz CT molecular complexity index is 5170. The van der Waals surface area contributed by atoms with Gasteiger partial charge in [-0.05, 0) is 118 Å². The molecule has 606 valence electrons. The topological polar surface area (TPSA) is 654 Å². The van der Waals surface area contributed by atoms with Crippen molar-refractivity contribution in [2.24, 2.45) is 0 Å². The normalized spacial score (nSPS) is 9.95. The van der Waals surface area contributed by atoms with Crippen molar-refractivity contribution in [3.63, 3.8) is 0 Å². The quantitative estimate of drug-likeness (QED) is 0.0432. The Hall–Kier alpha value is -16.8. The number of methoxy groups -OCH3 is 6. The molecule has 117 heavy (non-hydrogen) atoms. The van der Waals surface area contributed by atoms with Crippen molar-refractivity contribution in [3.8, 4) is 35.3 Å². The van der Waals surface area contributed by atoms with E-state index in [0.717, 1.165) is 16.7 Å². The maximum absolute atomic E-state index is 12.1. The van der Waals surface area contributed by atoms with E-state index in [9.17, 15) is 28.8 Å². The standard InChI is InChI=1S/2C12H14N6O2.C12H14N6O.C12H13N5O3.2C12H13N5O2/c1-14-11-16-10(13)17-12(18-11)15-9(19)7-3-5-8(20-2)6-4-7;1-14-11-16-10(13)17-12(18-11)15-9(19)7-4-3-5-8(6-7)20-2;1-7-3-5-8(6-4-7)9(19)15-12-17-10(13)16-11(14-2)18-12;1-19-8-5-3-4-7(6-8)9(18)14-11-15-10(13)16-12(17-11)20-2;1-7-3-5-8(6-4-7)9(18)14-11-15-10(13)16-12(17-11)19-2;1-7-4-3-5-8(6-7)9(18)14-11-15-10(13)16-12(17-11)19-2/h2*3-6H,1-2H3,(H4,13,14,15,16,17,18,19);3-6H,1-2H3,(H4,13,14,15,16,17,18,19);3-6H,1-2H3,(H3,13,14,15,16,17,18);2*3-6H,1-2H3,(H3,13,14,15,16,17,18). The third kappa shape index (κ3) is 28.5. The van der Waals surface area contributed by atoms with E-state index in [2.05, 4.69) is 138 Å². The summed E-state index contributed by atoms with van der Waals surface area (Å²) in [5.41, 5.74) is 39.0. The molecule has 12 rings (SSSR count). The molecule has 6 amide bonds. The van der Waals surface area contributed by atoms with Gasteiger partial charge in [-0.2, -0.15) is 89.7 Å². The van der Waals surface area contributed by atoms with Crippen LogP contribution >= 0.6 is 0 Å². The summed E-state index contributed by atoms with van der Waals surface area (Å²) in [6.07, 6.45) is 0. The molecule has 0 atom stereocenters. The van der Waals surface area contributed by atoms with E-state index < -0.39 is 5.91 Å². The molecule has 6 heterocycles. The monoisotopic (exact) mass is 1600 g/mol. The van der Waals surface area contributed by atoms with E-state index >= 15 is 0 Å². The molecule has 0 unspecified atom stereocenters. The highest BCUT2D eigenvalue weighted by Gasteiger charge is 2.18. The van der Waals surface area contributed by atoms with E-state index in [0.29, 0.717) is 56.6 Å². The Morgan fingerprint density at radius 3 is 0.744 bits per heavy atom. The zero-order chi connectivity index (χ0) is 85.1. The second kappa shape index (κ2) is 43.6. The average Bonchev–Trinajstić information content (AvgIpc) is 0.879. The van der Waals surface area contributed by atoms with E-state index in [4.69, 9.17) is 62.8 Å². The van der Waals surface area contributed by atoms with Gasteiger partial charge in [0.2, 0.25) is 89.2 Å². The number of benzene rings is 6. The molecular formula is C72H81N33O12. The van der Waals surface area contributed by atoms with Crippen molar-refractivity contribution in [1.29, 1.82) is 0 Å². The number of carbonyl (C=O) groups is 6. The summed E-state index contributed by atoms with van der Waals surface area (Å²) in [5.74, 6) is 1.02. The lowest BCUT2D eigenvalue weighted by Gasteiger charge is -2.07. The number of ether oxygens (including phenoxy) is 6. The van der Waals surface area contributed by atoms with Crippen molar-refractivity contribution < 1.29 is 57.2 Å². The Labute approximate surface area is 666 Å². The highest BCUT2D eigenvalue weighted by Crippen LogP contribution is 2.20. The Balaban J connectivity index is 0.000000194. The Morgan fingerprint density at radius 2 is 0.479 bits per heavy atom. The van der Waals surface area contributed by atoms with Crippen LogP contribution in [0.15, 0.2) is 146 Å². The minimum atomic E-state index is -0.392. The molecule has 0 bridgehead atoms. The van der Waals surface area contributed by atoms with Crippen LogP contribution in [0.25, 0.3) is 0 Å². The summed E-state index contributed by atoms with van der Waals surface area (Å²) in [7, 11) is 13.7. The fourth-order valence-corrected chi connectivity index (χ4v) is 8.75. The smallest absolute Gasteiger partial charge is 0.322 e. The lowest BCUT2D eigenvalue weighted by molar-refractivity contribution is 0.101. The zero-order valence-electron chi connectivity index (χ0n) is 64.8. The minimum absolute atomic E-state index is 0.0159. The van der Waals surface area contributed by atoms with Gasteiger partial charge < -0.3 is 78.8 Å². The van der Waals surface area contributed by atoms with E-state index in [1.54, 1.807) is 144 Å². The van der Waals surface area contributed by atoms with Crippen molar-refractivity contribution in [2.45, 2.75) is 20.8 Å². The first kappa shape index (κ1) is 87.4. The van der Waals surface area contributed by atoms with E-state index in [1.165, 1.54) is 35.5 Å². The predicted molar refractivity (Wildman–Crippen MR) is 434 cm³/mol. The molecule has 0 aliphatic rings. The van der Waals surface area contributed by atoms with Crippen LogP contribution in [0.1, 0.15) is 78.8 Å². The number of hydrogen-bond donors (Lipinski definition) is 15.